The van der Waals surface area contributed by atoms with Crippen LogP contribution in [0.5, 0.6) is 0 Å². The van der Waals surface area contributed by atoms with Gasteiger partial charge in [-0.2, -0.15) is 0 Å². The zero-order chi connectivity index (χ0) is 107. The first-order valence-corrected chi connectivity index (χ1v) is 116. The SMILES string of the molecule is C=C(C)C(=O)OCCC[SiH2]O[Si](C)(C)CC[SiH](C)O[SiH](C)C.C=C(C)C(=O)OCCC[SiH2]O[Si](C)(C)CC[SiH](C)O[Si](C)(C)C.C=C(C)C(=O)OCCC[SiH2]O[Si](C)(C)CC[SiH](C)O[Si](C)(C)C.C=Cc1ccc(CC[SiH2]O[Si](C)(C)CC[SiH2]O[Si](C)(C)CC[SiH2]O[Si](C)(C)C)cc1.C=Cc1ccc([SiH2]O[Si](C)(C)CC[SiH2]O[SiH](C)C)cc1.C=Cc1ccc([SiH2]O[Si](C)(C)CC[SiH2]O[Si](C)(C)C)cc1. The van der Waals surface area contributed by atoms with Crippen molar-refractivity contribution < 1.29 is 82.1 Å². The first kappa shape index (κ1) is 143. The highest BCUT2D eigenvalue weighted by molar-refractivity contribution is 6.83. The van der Waals surface area contributed by atoms with E-state index >= 15 is 0 Å². The molecule has 139 heavy (non-hydrogen) atoms. The molecule has 0 N–H and O–H groups in total. The third kappa shape index (κ3) is 93.4. The summed E-state index contributed by atoms with van der Waals surface area (Å²) < 4.78 is 96.2. The fourth-order valence-corrected chi connectivity index (χ4v) is 91.1. The largest absolute Gasteiger partial charge is 0.463 e. The lowest BCUT2D eigenvalue weighted by molar-refractivity contribution is -0.139. The minimum absolute atomic E-state index is 0.284. The summed E-state index contributed by atoms with van der Waals surface area (Å²) in [6.45, 7) is 105. The number of carbonyl (C=O) groups excluding carboxylic acids is 3. The number of ether oxygens (including phenoxy) is 3. The zero-order valence-electron chi connectivity index (χ0n) is 95.8. The van der Waals surface area contributed by atoms with Gasteiger partial charge in [0.1, 0.15) is 78.1 Å². The van der Waals surface area contributed by atoms with Crippen LogP contribution in [0.25, 0.3) is 18.2 Å². The van der Waals surface area contributed by atoms with Crippen LogP contribution in [-0.4, -0.2) is 272 Å². The van der Waals surface area contributed by atoms with Gasteiger partial charge >= 0.3 is 17.9 Å². The van der Waals surface area contributed by atoms with Gasteiger partial charge in [-0.05, 0) is 404 Å². The van der Waals surface area contributed by atoms with Crippen molar-refractivity contribution in [2.75, 3.05) is 19.8 Å². The molecule has 19 nitrogen and oxygen atoms in total. The highest BCUT2D eigenvalue weighted by atomic mass is 28.4. The summed E-state index contributed by atoms with van der Waals surface area (Å²) in [5.41, 5.74) is 6.37. The van der Waals surface area contributed by atoms with Crippen LogP contribution in [0.1, 0.15) is 62.3 Å². The summed E-state index contributed by atoms with van der Waals surface area (Å²) in [6.07, 6.45) is 9.53. The van der Waals surface area contributed by atoms with E-state index in [0.717, 1.165) is 43.8 Å². The first-order chi connectivity index (χ1) is 64.1. The molecule has 3 aromatic rings. The fourth-order valence-electron chi connectivity index (χ4n) is 13.5. The highest BCUT2D eigenvalue weighted by Gasteiger charge is 2.31. The second-order valence-electron chi connectivity index (χ2n) is 45.9. The van der Waals surface area contributed by atoms with Gasteiger partial charge in [0.25, 0.3) is 0 Å². The Morgan fingerprint density at radius 3 is 0.820 bits per heavy atom. The maximum atomic E-state index is 11.2. The molecule has 0 fully saturated rings. The van der Waals surface area contributed by atoms with Gasteiger partial charge in [0, 0.05) is 16.7 Å². The van der Waals surface area contributed by atoms with Crippen molar-refractivity contribution in [2.45, 2.75) is 371 Å². The molecule has 0 aromatic heterocycles. The molecular formula is C94H210O19Si26. The van der Waals surface area contributed by atoms with Gasteiger partial charge in [0.15, 0.2) is 156 Å². The number of carbonyl (C=O) groups is 3. The van der Waals surface area contributed by atoms with E-state index in [9.17, 15) is 14.4 Å². The molecule has 0 amide bonds. The molecule has 0 aliphatic rings. The summed E-state index contributed by atoms with van der Waals surface area (Å²) in [4.78, 5) is 33.7. The third-order valence-corrected chi connectivity index (χ3v) is 99.6. The van der Waals surface area contributed by atoms with E-state index in [1.54, 1.807) is 20.8 Å². The maximum Gasteiger partial charge on any atom is 0.333 e. The van der Waals surface area contributed by atoms with Crippen molar-refractivity contribution >= 4 is 281 Å². The predicted molar refractivity (Wildman–Crippen MR) is 682 cm³/mol. The normalized spacial score (nSPS) is 13.9. The van der Waals surface area contributed by atoms with Crippen LogP contribution in [0, 0.1) is 0 Å². The fraction of sp³-hybridized carbons (Fsp3) is 0.649. The molecule has 3 atom stereocenters. The van der Waals surface area contributed by atoms with Crippen LogP contribution in [0.15, 0.2) is 129 Å². The molecule has 45 heteroatoms. The van der Waals surface area contributed by atoms with Crippen molar-refractivity contribution in [2.24, 2.45) is 0 Å². The topological polar surface area (TPSA) is 199 Å². The lowest BCUT2D eigenvalue weighted by Gasteiger charge is -2.27. The van der Waals surface area contributed by atoms with Crippen LogP contribution in [0.2, 0.25) is 325 Å². The van der Waals surface area contributed by atoms with Crippen molar-refractivity contribution in [3.05, 3.63) is 151 Å². The number of esters is 3. The summed E-state index contributed by atoms with van der Waals surface area (Å²) in [5, 5.41) is 2.77. The number of hydrogen-bond donors (Lipinski definition) is 0. The summed E-state index contributed by atoms with van der Waals surface area (Å²) >= 11 is 0. The Labute approximate surface area is 897 Å². The van der Waals surface area contributed by atoms with Gasteiger partial charge in [-0.15, -0.1) is 0 Å². The van der Waals surface area contributed by atoms with E-state index in [0.29, 0.717) is 36.5 Å². The number of benzene rings is 3. The van der Waals surface area contributed by atoms with E-state index in [2.05, 4.69) is 328 Å². The Morgan fingerprint density at radius 1 is 0.302 bits per heavy atom. The zero-order valence-corrected chi connectivity index (χ0v) is 127. The van der Waals surface area contributed by atoms with Crippen molar-refractivity contribution in [3.63, 3.8) is 0 Å². The van der Waals surface area contributed by atoms with Crippen LogP contribution < -0.4 is 10.4 Å². The molecule has 3 aromatic carbocycles. The third-order valence-electron chi connectivity index (χ3n) is 21.6. The van der Waals surface area contributed by atoms with E-state index in [4.69, 9.17) is 67.7 Å². The van der Waals surface area contributed by atoms with E-state index in [1.807, 2.05) is 18.2 Å². The molecule has 0 bridgehead atoms. The van der Waals surface area contributed by atoms with Crippen LogP contribution in [-0.2, 0) is 88.5 Å². The Hall–Kier alpha value is -0.371. The van der Waals surface area contributed by atoms with Gasteiger partial charge in [0.2, 0.25) is 0 Å². The summed E-state index contributed by atoms with van der Waals surface area (Å²) in [6, 6.07) is 48.0. The molecule has 3 rings (SSSR count). The lowest BCUT2D eigenvalue weighted by Crippen LogP contribution is -2.37. The molecule has 0 saturated carbocycles. The lowest BCUT2D eigenvalue weighted by atomic mass is 10.1. The Kier molecular flexibility index (Phi) is 79.1. The van der Waals surface area contributed by atoms with Crippen molar-refractivity contribution in [1.82, 2.24) is 0 Å². The van der Waals surface area contributed by atoms with Crippen LogP contribution >= 0.6 is 0 Å². The average Bonchev–Trinajstić information content (AvgIpc) is 0.888. The molecule has 804 valence electrons. The molecular weight excluding hydrogens is 2160 g/mol. The number of hydrogen-bond acceptors (Lipinski definition) is 19. The minimum Gasteiger partial charge on any atom is -0.463 e. The van der Waals surface area contributed by atoms with Crippen molar-refractivity contribution in [3.8, 4) is 0 Å². The Morgan fingerprint density at radius 2 is 0.554 bits per heavy atom. The van der Waals surface area contributed by atoms with Crippen molar-refractivity contribution in [1.29, 1.82) is 0 Å². The van der Waals surface area contributed by atoms with Gasteiger partial charge < -0.3 is 67.7 Å². The first-order valence-electron chi connectivity index (χ1n) is 52.1. The number of rotatable bonds is 70. The van der Waals surface area contributed by atoms with Gasteiger partial charge in [-0.3, -0.25) is 0 Å². The standard InChI is InChI=1S/C21H46O3Si6.2C15H36O4Si4.C15H30O2Si4.C14H34O4Si4.C14H28O2Si4/c1-9-20-10-12-21(13-11-20)14-15-25-23-29(5,6)19-17-27-24-30(7,8)18-16-26-22-28(2,3)4;2*1-14(2)15(16)17-10-9-11-20-18-23(7,8)13-12-21(3)19-22(4,5)6;1-7-14-8-10-15(11-9-14)19-17-21(5,6)13-12-18-16-20(2,3)4;1-13(2)14(15)16-9-8-10-19-17-22(6,7)12-11-21(5)18-20(3)4;1-6-13-7-9-14(10-8-13)18-16-20(4,5)12-11-17-15-19(2)3/h9-13H,1,14-19,25-27H2,2-8H3;2*21H,1,9-13,20H2,2-8H3;7-11H,1,12-13,18-19H2,2-6H3;20-21H,1,8-12,19H2,2-7H3;6-10,19H,1,11-12,17-18H2,2-5H3. The Bertz CT molecular complexity index is 3740. The maximum absolute atomic E-state index is 11.2. The summed E-state index contributed by atoms with van der Waals surface area (Å²) in [7, 11) is -25.0. The van der Waals surface area contributed by atoms with Gasteiger partial charge in [0.05, 0.1) is 19.8 Å². The molecule has 0 heterocycles. The monoisotopic (exact) mass is 2370 g/mol. The second-order valence-corrected chi connectivity index (χ2v) is 128. The summed E-state index contributed by atoms with van der Waals surface area (Å²) in [5.74, 6) is -0.864. The highest BCUT2D eigenvalue weighted by Crippen LogP contribution is 2.25. The van der Waals surface area contributed by atoms with Gasteiger partial charge in [-0.25, -0.2) is 14.4 Å². The molecule has 0 radical (unpaired) electrons. The molecule has 3 unspecified atom stereocenters. The smallest absolute Gasteiger partial charge is 0.333 e. The van der Waals surface area contributed by atoms with E-state index in [1.165, 1.54) is 123 Å². The van der Waals surface area contributed by atoms with E-state index < -0.39 is 205 Å². The second kappa shape index (κ2) is 77.0. The number of aryl methyl sites for hydroxylation is 1. The Balaban J connectivity index is -0.00000160. The molecule has 0 aliphatic heterocycles. The van der Waals surface area contributed by atoms with Crippen LogP contribution in [0.3, 0.4) is 0 Å². The molecule has 0 spiro atoms. The van der Waals surface area contributed by atoms with E-state index in [-0.39, 0.29) is 47.2 Å². The average molecular weight is 2370 g/mol. The molecule has 0 aliphatic carbocycles. The minimum atomic E-state index is -1.53. The quantitative estimate of drug-likeness (QED) is 0.0170. The van der Waals surface area contributed by atoms with Gasteiger partial charge in [-0.1, -0.05) is 130 Å². The molecule has 0 saturated heterocycles. The van der Waals surface area contributed by atoms with Crippen LogP contribution in [0.4, 0.5) is 0 Å². The predicted octanol–water partition coefficient (Wildman–Crippen LogP) is 18.5.